The largest absolute Gasteiger partial charge is 0.456 e. The van der Waals surface area contributed by atoms with Gasteiger partial charge in [-0.15, -0.1) is 0 Å². The Morgan fingerprint density at radius 3 is 1.29 bits per heavy atom. The molecule has 0 saturated heterocycles. The molecule has 6 heteroatoms. The second-order valence-electron chi connectivity index (χ2n) is 15.9. The minimum absolute atomic E-state index is 0.556. The summed E-state index contributed by atoms with van der Waals surface area (Å²) in [6.07, 6.45) is 0. The van der Waals surface area contributed by atoms with Gasteiger partial charge in [0.15, 0.2) is 8.07 Å². The number of hydrogen-bond acceptors (Lipinski definition) is 3. The van der Waals surface area contributed by atoms with E-state index in [1.165, 1.54) is 0 Å². The van der Waals surface area contributed by atoms with Crippen LogP contribution in [-0.2, 0) is 0 Å². The third-order valence-corrected chi connectivity index (χ3v) is 17.5. The predicted molar refractivity (Wildman–Crippen MR) is 255 cm³/mol. The second-order valence-corrected chi connectivity index (χ2v) is 19.7. The molecule has 288 valence electrons. The minimum Gasteiger partial charge on any atom is -0.456 e. The van der Waals surface area contributed by atoms with Crippen LogP contribution in [0.15, 0.2) is 211 Å². The summed E-state index contributed by atoms with van der Waals surface area (Å²) < 4.78 is 10.8. The number of para-hydroxylation sites is 4. The van der Waals surface area contributed by atoms with Gasteiger partial charge in [-0.25, -0.2) is 0 Å². The maximum absolute atomic E-state index is 11.2. The third-order valence-electron chi connectivity index (χ3n) is 12.7. The van der Waals surface area contributed by atoms with Crippen LogP contribution in [0.2, 0.25) is 0 Å². The topological polar surface area (TPSA) is 70.6 Å². The molecule has 0 aliphatic rings. The molecule has 0 fully saturated rings. The maximum Gasteiger partial charge on any atom is 0.179 e. The van der Waals surface area contributed by atoms with Crippen molar-refractivity contribution in [1.29, 1.82) is 10.5 Å². The van der Waals surface area contributed by atoms with Crippen LogP contribution in [0.4, 0.5) is 0 Å². The van der Waals surface area contributed by atoms with Gasteiger partial charge in [0.05, 0.1) is 44.6 Å². The van der Waals surface area contributed by atoms with Crippen LogP contribution >= 0.6 is 0 Å². The third kappa shape index (κ3) is 5.05. The Bertz CT molecular complexity index is 3750. The molecule has 0 unspecified atom stereocenters. The molecule has 3 heterocycles. The fourth-order valence-corrected chi connectivity index (χ4v) is 14.9. The zero-order valence-corrected chi connectivity index (χ0v) is 34.3. The number of fused-ring (bicyclic) bond motifs is 9. The number of nitriles is 2. The summed E-state index contributed by atoms with van der Waals surface area (Å²) in [5.74, 6) is 0. The van der Waals surface area contributed by atoms with Gasteiger partial charge in [-0.3, -0.25) is 0 Å². The van der Waals surface area contributed by atoms with Crippen molar-refractivity contribution in [2.24, 2.45) is 0 Å². The second kappa shape index (κ2) is 13.8. The smallest absolute Gasteiger partial charge is 0.179 e. The Morgan fingerprint density at radius 1 is 0.339 bits per heavy atom. The van der Waals surface area contributed by atoms with Gasteiger partial charge in [0.1, 0.15) is 23.3 Å². The first-order valence-corrected chi connectivity index (χ1v) is 22.7. The Balaban J connectivity index is 1.12. The molecule has 0 amide bonds. The average molecular weight is 807 g/mol. The van der Waals surface area contributed by atoms with Crippen LogP contribution in [0.1, 0.15) is 11.1 Å². The van der Waals surface area contributed by atoms with Gasteiger partial charge in [0.25, 0.3) is 0 Å². The van der Waals surface area contributed by atoms with Gasteiger partial charge in [-0.2, -0.15) is 10.5 Å². The lowest BCUT2D eigenvalue weighted by Crippen LogP contribution is -2.74. The van der Waals surface area contributed by atoms with Gasteiger partial charge in [-0.05, 0) is 75.3 Å². The van der Waals surface area contributed by atoms with Crippen LogP contribution in [0.3, 0.4) is 0 Å². The number of rotatable bonds is 6. The Labute approximate surface area is 357 Å². The van der Waals surface area contributed by atoms with Gasteiger partial charge < -0.3 is 13.6 Å². The lowest BCUT2D eigenvalue weighted by atomic mass is 10.1. The van der Waals surface area contributed by atoms with Crippen molar-refractivity contribution < 1.29 is 4.42 Å². The van der Waals surface area contributed by atoms with Crippen LogP contribution in [-0.4, -0.2) is 17.2 Å². The molecule has 0 radical (unpaired) electrons. The van der Waals surface area contributed by atoms with Crippen molar-refractivity contribution in [3.63, 3.8) is 0 Å². The zero-order valence-electron chi connectivity index (χ0n) is 33.3. The number of aromatic nitrogens is 2. The molecule has 3 aromatic heterocycles. The lowest BCUT2D eigenvalue weighted by molar-refractivity contribution is 0.669. The molecule has 62 heavy (non-hydrogen) atoms. The average Bonchev–Trinajstić information content (AvgIpc) is 3.99. The zero-order chi connectivity index (χ0) is 41.4. The highest BCUT2D eigenvalue weighted by molar-refractivity contribution is 7.20. The van der Waals surface area contributed by atoms with E-state index in [0.717, 1.165) is 97.7 Å². The molecule has 0 aliphatic heterocycles. The normalized spacial score (nSPS) is 11.8. The van der Waals surface area contributed by atoms with E-state index < -0.39 is 8.07 Å². The molecular formula is C56H34N4OSi. The Morgan fingerprint density at radius 2 is 0.774 bits per heavy atom. The summed E-state index contributed by atoms with van der Waals surface area (Å²) in [4.78, 5) is 0. The number of nitrogens with zero attached hydrogens (tertiary/aromatic N) is 4. The number of furan rings is 1. The fraction of sp³-hybridized carbons (Fsp3) is 0. The quantitative estimate of drug-likeness (QED) is 0.124. The number of hydrogen-bond donors (Lipinski definition) is 0. The molecule has 9 aromatic carbocycles. The standard InChI is InChI=1S/C56H34N4OSi/c57-35-37-31-41(27-29-49(37)59-51-23-11-7-19-43(51)44-20-8-12-24-52(44)59)62(39-15-3-1-4-16-39,40-17-5-2-6-18-40)42-28-30-50(38(32-42)36-58)60-53-25-13-9-21-45(53)47-33-48-46-22-10-14-26-55(46)61-56(48)34-54(47)60/h1-34H. The van der Waals surface area contributed by atoms with E-state index in [-0.39, 0.29) is 0 Å². The van der Waals surface area contributed by atoms with Gasteiger partial charge in [0.2, 0.25) is 0 Å². The highest BCUT2D eigenvalue weighted by Gasteiger charge is 2.42. The molecule has 0 spiro atoms. The first-order valence-electron chi connectivity index (χ1n) is 20.7. The molecule has 0 aliphatic carbocycles. The van der Waals surface area contributed by atoms with E-state index in [1.54, 1.807) is 0 Å². The molecular weight excluding hydrogens is 773 g/mol. The Kier molecular flexibility index (Phi) is 7.92. The van der Waals surface area contributed by atoms with Crippen molar-refractivity contribution in [3.05, 3.63) is 217 Å². The summed E-state index contributed by atoms with van der Waals surface area (Å²) >= 11 is 0. The van der Waals surface area contributed by atoms with E-state index in [9.17, 15) is 10.5 Å². The predicted octanol–water partition coefficient (Wildman–Crippen LogP) is 10.9. The van der Waals surface area contributed by atoms with Crippen LogP contribution in [0, 0.1) is 22.7 Å². The highest BCUT2D eigenvalue weighted by atomic mass is 28.3. The van der Waals surface area contributed by atoms with Crippen LogP contribution in [0.25, 0.3) is 76.9 Å². The minimum atomic E-state index is -3.22. The molecule has 12 aromatic rings. The first kappa shape index (κ1) is 35.5. The van der Waals surface area contributed by atoms with E-state index >= 15 is 0 Å². The SMILES string of the molecule is N#Cc1cc([Si](c2ccccc2)(c2ccccc2)c2ccc(-n3c4ccccc4c4cc5c(cc43)oc3ccccc35)c(C#N)c2)ccc1-n1c2ccccc2c2ccccc21. The summed E-state index contributed by atoms with van der Waals surface area (Å²) in [6.45, 7) is 0. The molecule has 5 nitrogen and oxygen atoms in total. The molecule has 0 atom stereocenters. The monoisotopic (exact) mass is 806 g/mol. The molecule has 12 rings (SSSR count). The van der Waals surface area contributed by atoms with Crippen molar-refractivity contribution in [1.82, 2.24) is 9.13 Å². The number of benzene rings is 9. The van der Waals surface area contributed by atoms with E-state index in [1.807, 2.05) is 30.3 Å². The molecule has 0 saturated carbocycles. The van der Waals surface area contributed by atoms with E-state index in [4.69, 9.17) is 4.42 Å². The van der Waals surface area contributed by atoms with Crippen molar-refractivity contribution in [2.45, 2.75) is 0 Å². The van der Waals surface area contributed by atoms with Gasteiger partial charge in [0, 0.05) is 38.4 Å². The summed E-state index contributed by atoms with van der Waals surface area (Å²) in [5, 5.41) is 33.3. The van der Waals surface area contributed by atoms with Gasteiger partial charge >= 0.3 is 0 Å². The molecule has 0 N–H and O–H groups in total. The molecule has 0 bridgehead atoms. The first-order chi connectivity index (χ1) is 30.7. The van der Waals surface area contributed by atoms with E-state index in [2.05, 4.69) is 197 Å². The fourth-order valence-electron chi connectivity index (χ4n) is 10.1. The summed E-state index contributed by atoms with van der Waals surface area (Å²) in [7, 11) is -3.22. The van der Waals surface area contributed by atoms with E-state index in [0.29, 0.717) is 11.1 Å². The van der Waals surface area contributed by atoms with Crippen molar-refractivity contribution in [2.75, 3.05) is 0 Å². The van der Waals surface area contributed by atoms with Crippen molar-refractivity contribution in [3.8, 4) is 23.5 Å². The summed E-state index contributed by atoms with van der Waals surface area (Å²) in [6, 6.07) is 77.1. The van der Waals surface area contributed by atoms with Crippen LogP contribution < -0.4 is 20.7 Å². The summed E-state index contributed by atoms with van der Waals surface area (Å²) in [5.41, 5.74) is 8.48. The lowest BCUT2D eigenvalue weighted by Gasteiger charge is -2.35. The highest BCUT2D eigenvalue weighted by Crippen LogP contribution is 2.39. The van der Waals surface area contributed by atoms with Crippen molar-refractivity contribution >= 4 is 94.4 Å². The maximum atomic E-state index is 11.2. The van der Waals surface area contributed by atoms with Gasteiger partial charge in [-0.1, -0.05) is 146 Å². The Hall–Kier alpha value is -8.42. The van der Waals surface area contributed by atoms with Crippen LogP contribution in [0.5, 0.6) is 0 Å².